The average Bonchev–Trinajstić information content (AvgIpc) is 2.55. The smallest absolute Gasteiger partial charge is 0.209 e. The van der Waals surface area contributed by atoms with E-state index in [1.54, 1.807) is 25.3 Å². The molecule has 0 spiro atoms. The molecule has 1 aromatic carbocycles. The second kappa shape index (κ2) is 3.55. The highest BCUT2D eigenvalue weighted by Crippen LogP contribution is 2.33. The van der Waals surface area contributed by atoms with Crippen molar-refractivity contribution in [1.82, 2.24) is 0 Å². The Labute approximate surface area is 87.4 Å². The number of benzene rings is 1. The minimum atomic E-state index is -0.809. The number of ketones is 1. The van der Waals surface area contributed by atoms with E-state index in [-0.39, 0.29) is 5.78 Å². The van der Waals surface area contributed by atoms with Crippen LogP contribution in [0.15, 0.2) is 18.2 Å². The van der Waals surface area contributed by atoms with E-state index in [1.807, 2.05) is 0 Å². The lowest BCUT2D eigenvalue weighted by molar-refractivity contribution is 0.0488. The predicted octanol–water partition coefficient (Wildman–Crippen LogP) is 1.02. The Balaban J connectivity index is 2.36. The van der Waals surface area contributed by atoms with E-state index in [4.69, 9.17) is 9.47 Å². The van der Waals surface area contributed by atoms with Crippen molar-refractivity contribution in [1.29, 1.82) is 0 Å². The van der Waals surface area contributed by atoms with Crippen LogP contribution < -0.4 is 9.47 Å². The van der Waals surface area contributed by atoms with Crippen molar-refractivity contribution in [2.45, 2.75) is 19.1 Å². The van der Waals surface area contributed by atoms with Crippen molar-refractivity contribution >= 4 is 5.78 Å². The number of carbonyl (C=O) groups is 1. The molecular weight excluding hydrogens is 196 g/mol. The van der Waals surface area contributed by atoms with Crippen molar-refractivity contribution in [2.75, 3.05) is 7.11 Å². The summed E-state index contributed by atoms with van der Waals surface area (Å²) in [6.07, 6.45) is -1.59. The van der Waals surface area contributed by atoms with Gasteiger partial charge in [-0.05, 0) is 19.1 Å². The van der Waals surface area contributed by atoms with Gasteiger partial charge in [0, 0.05) is 6.07 Å². The number of hydrogen-bond acceptors (Lipinski definition) is 4. The van der Waals surface area contributed by atoms with Crippen LogP contribution in [0.25, 0.3) is 0 Å². The molecule has 1 N–H and O–H groups in total. The standard InChI is InChI=1S/C11H12O4/c1-6(12)11-10(13)8-4-3-7(14-2)5-9(8)15-11/h3-6,11-12H,1-2H3/t6-,11-/m1/s1. The maximum Gasteiger partial charge on any atom is 0.209 e. The minimum absolute atomic E-state index is 0.178. The predicted molar refractivity (Wildman–Crippen MR) is 53.4 cm³/mol. The zero-order chi connectivity index (χ0) is 11.0. The summed E-state index contributed by atoms with van der Waals surface area (Å²) in [6.45, 7) is 1.53. The number of hydrogen-bond donors (Lipinski definition) is 1. The van der Waals surface area contributed by atoms with Crippen LogP contribution in [0.1, 0.15) is 17.3 Å². The molecule has 0 aromatic heterocycles. The molecular formula is C11H12O4. The number of aliphatic hydroxyl groups excluding tert-OH is 1. The molecule has 0 amide bonds. The van der Waals surface area contributed by atoms with Crippen LogP contribution in [0.3, 0.4) is 0 Å². The summed E-state index contributed by atoms with van der Waals surface area (Å²) in [5, 5.41) is 9.34. The first-order valence-corrected chi connectivity index (χ1v) is 4.70. The summed E-state index contributed by atoms with van der Waals surface area (Å²) >= 11 is 0. The fraction of sp³-hybridized carbons (Fsp3) is 0.364. The number of carbonyl (C=O) groups excluding carboxylic acids is 1. The normalized spacial score (nSPS) is 20.7. The molecule has 4 heteroatoms. The van der Waals surface area contributed by atoms with Crippen LogP contribution in [0.5, 0.6) is 11.5 Å². The van der Waals surface area contributed by atoms with E-state index in [2.05, 4.69) is 0 Å². The number of methoxy groups -OCH3 is 1. The van der Waals surface area contributed by atoms with E-state index in [0.717, 1.165) is 0 Å². The summed E-state index contributed by atoms with van der Waals surface area (Å²) in [5.74, 6) is 0.931. The van der Waals surface area contributed by atoms with Gasteiger partial charge in [-0.3, -0.25) is 4.79 Å². The fourth-order valence-electron chi connectivity index (χ4n) is 1.59. The molecule has 15 heavy (non-hydrogen) atoms. The van der Waals surface area contributed by atoms with Gasteiger partial charge in [-0.1, -0.05) is 0 Å². The van der Waals surface area contributed by atoms with E-state index >= 15 is 0 Å². The zero-order valence-corrected chi connectivity index (χ0v) is 8.56. The topological polar surface area (TPSA) is 55.8 Å². The second-order valence-corrected chi connectivity index (χ2v) is 3.51. The first kappa shape index (κ1) is 9.98. The number of fused-ring (bicyclic) bond motifs is 1. The summed E-state index contributed by atoms with van der Waals surface area (Å²) in [4.78, 5) is 11.7. The van der Waals surface area contributed by atoms with Gasteiger partial charge in [-0.15, -0.1) is 0 Å². The Morgan fingerprint density at radius 1 is 1.53 bits per heavy atom. The molecule has 0 fully saturated rings. The highest BCUT2D eigenvalue weighted by Gasteiger charge is 2.35. The molecule has 0 saturated carbocycles. The van der Waals surface area contributed by atoms with Gasteiger partial charge >= 0.3 is 0 Å². The molecule has 1 heterocycles. The van der Waals surface area contributed by atoms with Gasteiger partial charge in [0.2, 0.25) is 5.78 Å². The van der Waals surface area contributed by atoms with Crippen LogP contribution in [0, 0.1) is 0 Å². The molecule has 0 radical (unpaired) electrons. The highest BCUT2D eigenvalue weighted by atomic mass is 16.5. The van der Waals surface area contributed by atoms with Gasteiger partial charge in [0.15, 0.2) is 6.10 Å². The van der Waals surface area contributed by atoms with Crippen molar-refractivity contribution in [3.05, 3.63) is 23.8 Å². The fourth-order valence-corrected chi connectivity index (χ4v) is 1.59. The third kappa shape index (κ3) is 1.57. The Kier molecular flexibility index (Phi) is 2.36. The lowest BCUT2D eigenvalue weighted by Gasteiger charge is -2.11. The molecule has 0 saturated heterocycles. The SMILES string of the molecule is COc1ccc2c(c1)O[C@H]([C@@H](C)O)C2=O. The molecule has 0 aliphatic carbocycles. The molecule has 80 valence electrons. The van der Waals surface area contributed by atoms with Crippen LogP contribution in [-0.2, 0) is 0 Å². The summed E-state index contributed by atoms with van der Waals surface area (Å²) in [5.41, 5.74) is 0.502. The van der Waals surface area contributed by atoms with Crippen molar-refractivity contribution in [3.63, 3.8) is 0 Å². The Hall–Kier alpha value is -1.55. The summed E-state index contributed by atoms with van der Waals surface area (Å²) < 4.78 is 10.4. The molecule has 0 unspecified atom stereocenters. The number of aliphatic hydroxyl groups is 1. The summed E-state index contributed by atoms with van der Waals surface area (Å²) in [7, 11) is 1.55. The largest absolute Gasteiger partial charge is 0.497 e. The van der Waals surface area contributed by atoms with Gasteiger partial charge in [0.25, 0.3) is 0 Å². The Morgan fingerprint density at radius 2 is 2.27 bits per heavy atom. The summed E-state index contributed by atoms with van der Waals surface area (Å²) in [6, 6.07) is 5.00. The first-order chi connectivity index (χ1) is 7.13. The van der Waals surface area contributed by atoms with E-state index < -0.39 is 12.2 Å². The second-order valence-electron chi connectivity index (χ2n) is 3.51. The maximum absolute atomic E-state index is 11.7. The number of Topliss-reactive ketones (excluding diaryl/α,β-unsaturated/α-hetero) is 1. The molecule has 1 aliphatic heterocycles. The average molecular weight is 208 g/mol. The van der Waals surface area contributed by atoms with Gasteiger partial charge in [0.05, 0.1) is 18.8 Å². The zero-order valence-electron chi connectivity index (χ0n) is 8.56. The van der Waals surface area contributed by atoms with Gasteiger partial charge in [-0.25, -0.2) is 0 Å². The Morgan fingerprint density at radius 3 is 2.87 bits per heavy atom. The van der Waals surface area contributed by atoms with Crippen molar-refractivity contribution in [3.8, 4) is 11.5 Å². The molecule has 1 aliphatic rings. The van der Waals surface area contributed by atoms with E-state index in [9.17, 15) is 9.90 Å². The molecule has 1 aromatic rings. The Bertz CT molecular complexity index is 398. The highest BCUT2D eigenvalue weighted by molar-refractivity contribution is 6.05. The maximum atomic E-state index is 11.7. The molecule has 4 nitrogen and oxygen atoms in total. The van der Waals surface area contributed by atoms with Gasteiger partial charge < -0.3 is 14.6 Å². The van der Waals surface area contributed by atoms with E-state index in [1.165, 1.54) is 6.92 Å². The van der Waals surface area contributed by atoms with Gasteiger partial charge in [0.1, 0.15) is 11.5 Å². The quantitative estimate of drug-likeness (QED) is 0.788. The van der Waals surface area contributed by atoms with Crippen LogP contribution in [0.2, 0.25) is 0 Å². The number of rotatable bonds is 2. The monoisotopic (exact) mass is 208 g/mol. The van der Waals surface area contributed by atoms with Crippen molar-refractivity contribution in [2.24, 2.45) is 0 Å². The number of ether oxygens (including phenoxy) is 2. The molecule has 2 atom stereocenters. The van der Waals surface area contributed by atoms with E-state index in [0.29, 0.717) is 17.1 Å². The van der Waals surface area contributed by atoms with Crippen LogP contribution in [-0.4, -0.2) is 30.2 Å². The molecule has 2 rings (SSSR count). The lowest BCUT2D eigenvalue weighted by Crippen LogP contribution is -2.32. The third-order valence-electron chi connectivity index (χ3n) is 2.40. The minimum Gasteiger partial charge on any atom is -0.497 e. The van der Waals surface area contributed by atoms with Gasteiger partial charge in [-0.2, -0.15) is 0 Å². The van der Waals surface area contributed by atoms with Crippen LogP contribution >= 0.6 is 0 Å². The molecule has 0 bridgehead atoms. The van der Waals surface area contributed by atoms with Crippen LogP contribution in [0.4, 0.5) is 0 Å². The first-order valence-electron chi connectivity index (χ1n) is 4.70. The third-order valence-corrected chi connectivity index (χ3v) is 2.40. The van der Waals surface area contributed by atoms with Crippen molar-refractivity contribution < 1.29 is 19.4 Å². The lowest BCUT2D eigenvalue weighted by atomic mass is 10.1.